The van der Waals surface area contributed by atoms with E-state index in [-0.39, 0.29) is 35.5 Å². The van der Waals surface area contributed by atoms with Gasteiger partial charge < -0.3 is 15.0 Å². The highest BCUT2D eigenvalue weighted by Gasteiger charge is 2.35. The average Bonchev–Trinajstić information content (AvgIpc) is 3.10. The third kappa shape index (κ3) is 9.35. The number of carbonyl (C=O) groups is 2. The predicted molar refractivity (Wildman–Crippen MR) is 195 cm³/mol. The van der Waals surface area contributed by atoms with E-state index >= 15 is 0 Å². The van der Waals surface area contributed by atoms with Crippen molar-refractivity contribution >= 4 is 50.7 Å². The molecule has 0 heterocycles. The molecular weight excluding hydrogens is 681 g/mol. The maximum Gasteiger partial charge on any atom is 0.264 e. The molecule has 0 spiro atoms. The minimum atomic E-state index is -4.23. The Kier molecular flexibility index (Phi) is 12.3. The van der Waals surface area contributed by atoms with Gasteiger partial charge in [0.05, 0.1) is 17.7 Å². The van der Waals surface area contributed by atoms with E-state index < -0.39 is 28.5 Å². The van der Waals surface area contributed by atoms with Crippen LogP contribution in [0.3, 0.4) is 0 Å². The standard InChI is InChI=1S/C38H41Cl2N3O5S/c1-27-13-21-34(22-14-27)49(46,47)43(32-17-19-33(48-2)20-18-32)26-37(44)42(25-29-15-16-30(39)24-35(29)40)36(23-28-9-5-3-6-10-28)38(45)41-31-11-7-4-8-12-31/h3,5-6,9-10,13-22,24,31,36H,4,7-8,11-12,23,25-26H2,1-2H3,(H,41,45). The molecule has 1 aliphatic rings. The fraction of sp³-hybridized carbons (Fsp3) is 0.316. The molecule has 1 fully saturated rings. The molecule has 5 rings (SSSR count). The number of aryl methyl sites for hydroxylation is 1. The lowest BCUT2D eigenvalue weighted by Crippen LogP contribution is -2.55. The van der Waals surface area contributed by atoms with Crippen LogP contribution in [-0.2, 0) is 32.6 Å². The van der Waals surface area contributed by atoms with Gasteiger partial charge in [0, 0.05) is 29.1 Å². The molecule has 8 nitrogen and oxygen atoms in total. The summed E-state index contributed by atoms with van der Waals surface area (Å²) in [5.41, 5.74) is 2.58. The van der Waals surface area contributed by atoms with Gasteiger partial charge in [-0.25, -0.2) is 8.42 Å². The predicted octanol–water partition coefficient (Wildman–Crippen LogP) is 7.59. The quantitative estimate of drug-likeness (QED) is 0.154. The fourth-order valence-corrected chi connectivity index (χ4v) is 7.93. The van der Waals surface area contributed by atoms with Gasteiger partial charge in [-0.2, -0.15) is 0 Å². The summed E-state index contributed by atoms with van der Waals surface area (Å²) in [6.07, 6.45) is 5.09. The second-order valence-corrected chi connectivity index (χ2v) is 15.0. The first-order chi connectivity index (χ1) is 23.5. The van der Waals surface area contributed by atoms with Gasteiger partial charge in [0.25, 0.3) is 10.0 Å². The molecule has 0 bridgehead atoms. The Bertz CT molecular complexity index is 1830. The van der Waals surface area contributed by atoms with Crippen LogP contribution in [-0.4, -0.2) is 50.9 Å². The first kappa shape index (κ1) is 36.2. The molecule has 4 aromatic carbocycles. The van der Waals surface area contributed by atoms with Gasteiger partial charge in [-0.05, 0) is 79.4 Å². The highest BCUT2D eigenvalue weighted by Crippen LogP contribution is 2.29. The lowest BCUT2D eigenvalue weighted by molar-refractivity contribution is -0.140. The van der Waals surface area contributed by atoms with Gasteiger partial charge in [-0.3, -0.25) is 13.9 Å². The molecule has 0 saturated heterocycles. The topological polar surface area (TPSA) is 96.0 Å². The van der Waals surface area contributed by atoms with Crippen LogP contribution in [0.15, 0.2) is 102 Å². The summed E-state index contributed by atoms with van der Waals surface area (Å²) in [6.45, 7) is 1.24. The van der Waals surface area contributed by atoms with E-state index in [1.807, 2.05) is 37.3 Å². The molecular formula is C38H41Cl2N3O5S. The number of hydrogen-bond donors (Lipinski definition) is 1. The van der Waals surface area contributed by atoms with Crippen molar-refractivity contribution in [2.45, 2.75) is 69.0 Å². The van der Waals surface area contributed by atoms with Crippen LogP contribution in [0, 0.1) is 6.92 Å². The van der Waals surface area contributed by atoms with Crippen molar-refractivity contribution in [3.05, 3.63) is 124 Å². The molecule has 11 heteroatoms. The fourth-order valence-electron chi connectivity index (χ4n) is 6.05. The molecule has 0 aromatic heterocycles. The molecule has 1 atom stereocenters. The van der Waals surface area contributed by atoms with Gasteiger partial charge in [0.15, 0.2) is 0 Å². The number of nitrogens with one attached hydrogen (secondary N) is 1. The SMILES string of the molecule is COc1ccc(N(CC(=O)N(Cc2ccc(Cl)cc2Cl)C(Cc2ccccc2)C(=O)NC2CCCCC2)S(=O)(=O)c2ccc(C)cc2)cc1. The maximum absolute atomic E-state index is 14.7. The van der Waals surface area contributed by atoms with Gasteiger partial charge in [-0.15, -0.1) is 0 Å². The summed E-state index contributed by atoms with van der Waals surface area (Å²) in [4.78, 5) is 30.5. The number of methoxy groups -OCH3 is 1. The largest absolute Gasteiger partial charge is 0.497 e. The van der Waals surface area contributed by atoms with Gasteiger partial charge in [0.1, 0.15) is 18.3 Å². The number of hydrogen-bond acceptors (Lipinski definition) is 5. The maximum atomic E-state index is 14.7. The van der Waals surface area contributed by atoms with Crippen LogP contribution in [0.4, 0.5) is 5.69 Å². The molecule has 1 saturated carbocycles. The summed E-state index contributed by atoms with van der Waals surface area (Å²) in [7, 11) is -2.71. The zero-order valence-electron chi connectivity index (χ0n) is 27.6. The van der Waals surface area contributed by atoms with Crippen molar-refractivity contribution in [3.63, 3.8) is 0 Å². The van der Waals surface area contributed by atoms with Crippen LogP contribution in [0.1, 0.15) is 48.8 Å². The lowest BCUT2D eigenvalue weighted by atomic mass is 9.94. The number of amides is 2. The molecule has 2 amide bonds. The number of rotatable bonds is 13. The Morgan fingerprint density at radius 1 is 0.898 bits per heavy atom. The molecule has 1 N–H and O–H groups in total. The number of nitrogens with zero attached hydrogens (tertiary/aromatic N) is 2. The van der Waals surface area contributed by atoms with E-state index in [4.69, 9.17) is 27.9 Å². The molecule has 4 aromatic rings. The zero-order chi connectivity index (χ0) is 35.0. The Balaban J connectivity index is 1.58. The minimum Gasteiger partial charge on any atom is -0.497 e. The highest BCUT2D eigenvalue weighted by molar-refractivity contribution is 7.92. The molecule has 0 aliphatic heterocycles. The van der Waals surface area contributed by atoms with E-state index in [2.05, 4.69) is 5.32 Å². The number of carbonyl (C=O) groups excluding carboxylic acids is 2. The zero-order valence-corrected chi connectivity index (χ0v) is 30.0. The van der Waals surface area contributed by atoms with E-state index in [9.17, 15) is 18.0 Å². The molecule has 258 valence electrons. The van der Waals surface area contributed by atoms with Crippen molar-refractivity contribution in [2.24, 2.45) is 0 Å². The molecule has 1 aliphatic carbocycles. The first-order valence-corrected chi connectivity index (χ1v) is 18.6. The Labute approximate surface area is 299 Å². The molecule has 49 heavy (non-hydrogen) atoms. The summed E-state index contributed by atoms with van der Waals surface area (Å²) in [5.74, 6) is -0.340. The van der Waals surface area contributed by atoms with Crippen molar-refractivity contribution < 1.29 is 22.7 Å². The van der Waals surface area contributed by atoms with Crippen LogP contribution >= 0.6 is 23.2 Å². The van der Waals surface area contributed by atoms with Crippen molar-refractivity contribution in [2.75, 3.05) is 18.0 Å². The minimum absolute atomic E-state index is 0.00620. The van der Waals surface area contributed by atoms with Crippen molar-refractivity contribution in [3.8, 4) is 5.75 Å². The van der Waals surface area contributed by atoms with Crippen molar-refractivity contribution in [1.29, 1.82) is 0 Å². The second-order valence-electron chi connectivity index (χ2n) is 12.3. The van der Waals surface area contributed by atoms with E-state index in [0.29, 0.717) is 21.4 Å². The van der Waals surface area contributed by atoms with Crippen LogP contribution in [0.2, 0.25) is 10.0 Å². The van der Waals surface area contributed by atoms with E-state index in [1.165, 1.54) is 24.1 Å². The first-order valence-electron chi connectivity index (χ1n) is 16.4. The van der Waals surface area contributed by atoms with Gasteiger partial charge in [-0.1, -0.05) is 96.6 Å². The number of ether oxygens (including phenoxy) is 1. The normalized spacial score (nSPS) is 14.1. The monoisotopic (exact) mass is 721 g/mol. The number of halogens is 2. The Morgan fingerprint density at radius 3 is 2.20 bits per heavy atom. The number of sulfonamides is 1. The third-order valence-electron chi connectivity index (χ3n) is 8.83. The summed E-state index contributed by atoms with van der Waals surface area (Å²) < 4.78 is 34.9. The summed E-state index contributed by atoms with van der Waals surface area (Å²) in [6, 6.07) is 26.4. The Hall–Kier alpha value is -4.05. The third-order valence-corrected chi connectivity index (χ3v) is 11.2. The second kappa shape index (κ2) is 16.6. The van der Waals surface area contributed by atoms with Gasteiger partial charge >= 0.3 is 0 Å². The smallest absolute Gasteiger partial charge is 0.264 e. The number of benzene rings is 4. The highest BCUT2D eigenvalue weighted by atomic mass is 35.5. The lowest BCUT2D eigenvalue weighted by Gasteiger charge is -2.35. The van der Waals surface area contributed by atoms with E-state index in [0.717, 1.165) is 47.5 Å². The van der Waals surface area contributed by atoms with Crippen LogP contribution in [0.5, 0.6) is 5.75 Å². The average molecular weight is 723 g/mol. The van der Waals surface area contributed by atoms with Crippen molar-refractivity contribution in [1.82, 2.24) is 10.2 Å². The van der Waals surface area contributed by atoms with Crippen LogP contribution < -0.4 is 14.4 Å². The van der Waals surface area contributed by atoms with Gasteiger partial charge in [0.2, 0.25) is 11.8 Å². The Morgan fingerprint density at radius 2 is 1.57 bits per heavy atom. The molecule has 0 radical (unpaired) electrons. The van der Waals surface area contributed by atoms with Crippen LogP contribution in [0.25, 0.3) is 0 Å². The molecule has 1 unspecified atom stereocenters. The summed E-state index contributed by atoms with van der Waals surface area (Å²) >= 11 is 12.8. The summed E-state index contributed by atoms with van der Waals surface area (Å²) in [5, 5.41) is 3.97. The van der Waals surface area contributed by atoms with E-state index in [1.54, 1.807) is 54.6 Å². The number of anilines is 1.